The number of halogens is 1. The number of piperazine rings is 1. The van der Waals surface area contributed by atoms with Crippen molar-refractivity contribution in [2.75, 3.05) is 49.2 Å². The lowest BCUT2D eigenvalue weighted by Gasteiger charge is -2.34. The van der Waals surface area contributed by atoms with E-state index in [1.165, 1.54) is 29.2 Å². The zero-order chi connectivity index (χ0) is 22.8. The fourth-order valence-electron chi connectivity index (χ4n) is 3.81. The van der Waals surface area contributed by atoms with Crippen LogP contribution in [0.1, 0.15) is 0 Å². The van der Waals surface area contributed by atoms with Gasteiger partial charge < -0.3 is 20.9 Å². The zero-order valence-electron chi connectivity index (χ0n) is 18.2. The summed E-state index contributed by atoms with van der Waals surface area (Å²) in [6.45, 7) is 4.21. The molecule has 0 amide bonds. The molecule has 7 nitrogen and oxygen atoms in total. The number of benzene rings is 2. The Labute approximate surface area is 195 Å². The first-order chi connectivity index (χ1) is 16.0. The standard InChI is InChI=1S/C24H24FN7S/c1-31-12-14-32(15-13-31)19-8-6-18(7-9-19)28-24-27-11-10-20(29-24)22-21(30-23(26)33-22)16-2-4-17(25)5-3-16/h2-11H,12-15H2,1H3,(H2,26,30)(H,27,28,29). The molecule has 2 aromatic carbocycles. The number of hydrogen-bond acceptors (Lipinski definition) is 8. The van der Waals surface area contributed by atoms with E-state index >= 15 is 0 Å². The first-order valence-corrected chi connectivity index (χ1v) is 11.5. The van der Waals surface area contributed by atoms with Gasteiger partial charge in [0, 0.05) is 49.3 Å². The second kappa shape index (κ2) is 9.13. The van der Waals surface area contributed by atoms with Gasteiger partial charge in [0.1, 0.15) is 5.82 Å². The van der Waals surface area contributed by atoms with Crippen LogP contribution in [-0.4, -0.2) is 53.1 Å². The molecule has 0 radical (unpaired) electrons. The quantitative estimate of drug-likeness (QED) is 0.453. The van der Waals surface area contributed by atoms with Crippen LogP contribution in [0.4, 0.5) is 26.8 Å². The lowest BCUT2D eigenvalue weighted by Crippen LogP contribution is -2.44. The van der Waals surface area contributed by atoms with Crippen molar-refractivity contribution in [2.45, 2.75) is 0 Å². The highest BCUT2D eigenvalue weighted by Gasteiger charge is 2.17. The second-order valence-corrected chi connectivity index (χ2v) is 9.00. The predicted molar refractivity (Wildman–Crippen MR) is 132 cm³/mol. The Morgan fingerprint density at radius 3 is 2.39 bits per heavy atom. The Balaban J connectivity index is 1.36. The van der Waals surface area contributed by atoms with Gasteiger partial charge >= 0.3 is 0 Å². The number of nitrogens with two attached hydrogens (primary N) is 1. The Hall–Kier alpha value is -3.56. The maximum Gasteiger partial charge on any atom is 0.227 e. The molecule has 0 aliphatic carbocycles. The molecule has 168 valence electrons. The average Bonchev–Trinajstić information content (AvgIpc) is 3.22. The monoisotopic (exact) mass is 461 g/mol. The summed E-state index contributed by atoms with van der Waals surface area (Å²) in [5.74, 6) is 0.188. The lowest BCUT2D eigenvalue weighted by atomic mass is 10.1. The van der Waals surface area contributed by atoms with Crippen LogP contribution in [0.15, 0.2) is 60.8 Å². The van der Waals surface area contributed by atoms with E-state index in [0.29, 0.717) is 22.5 Å². The number of hydrogen-bond donors (Lipinski definition) is 2. The van der Waals surface area contributed by atoms with E-state index in [1.807, 2.05) is 18.2 Å². The van der Waals surface area contributed by atoms with E-state index in [-0.39, 0.29) is 5.82 Å². The van der Waals surface area contributed by atoms with Crippen LogP contribution in [0.25, 0.3) is 21.8 Å². The Kier molecular flexibility index (Phi) is 5.89. The number of nitrogens with zero attached hydrogens (tertiary/aromatic N) is 5. The third-order valence-corrected chi connectivity index (χ3v) is 6.55. The summed E-state index contributed by atoms with van der Waals surface area (Å²) in [6.07, 6.45) is 1.70. The highest BCUT2D eigenvalue weighted by Crippen LogP contribution is 2.37. The summed E-state index contributed by atoms with van der Waals surface area (Å²) in [5.41, 5.74) is 10.3. The number of nitrogen functional groups attached to an aromatic ring is 1. The molecular weight excluding hydrogens is 437 g/mol. The molecule has 1 saturated heterocycles. The molecule has 2 aromatic heterocycles. The van der Waals surface area contributed by atoms with Gasteiger partial charge in [-0.15, -0.1) is 0 Å². The third kappa shape index (κ3) is 4.79. The van der Waals surface area contributed by atoms with Crippen molar-refractivity contribution >= 4 is 33.8 Å². The average molecular weight is 462 g/mol. The van der Waals surface area contributed by atoms with E-state index in [9.17, 15) is 4.39 Å². The maximum absolute atomic E-state index is 13.4. The molecule has 1 aliphatic rings. The van der Waals surface area contributed by atoms with Gasteiger partial charge in [-0.05, 0) is 61.6 Å². The first-order valence-electron chi connectivity index (χ1n) is 10.7. The van der Waals surface area contributed by atoms with Gasteiger partial charge in [0.2, 0.25) is 5.95 Å². The summed E-state index contributed by atoms with van der Waals surface area (Å²) in [5, 5.41) is 3.71. The summed E-state index contributed by atoms with van der Waals surface area (Å²) in [4.78, 5) is 19.0. The fourth-order valence-corrected chi connectivity index (χ4v) is 4.63. The maximum atomic E-state index is 13.4. The van der Waals surface area contributed by atoms with Gasteiger partial charge in [-0.25, -0.2) is 19.3 Å². The molecule has 3 heterocycles. The number of aromatic nitrogens is 3. The van der Waals surface area contributed by atoms with E-state index in [1.54, 1.807) is 18.3 Å². The first kappa shape index (κ1) is 21.3. The van der Waals surface area contributed by atoms with Crippen LogP contribution in [0.2, 0.25) is 0 Å². The zero-order valence-corrected chi connectivity index (χ0v) is 19.0. The van der Waals surface area contributed by atoms with E-state index < -0.39 is 0 Å². The molecule has 1 aliphatic heterocycles. The van der Waals surface area contributed by atoms with E-state index in [0.717, 1.165) is 42.3 Å². The molecular formula is C24H24FN7S. The Bertz CT molecular complexity index is 1230. The van der Waals surface area contributed by atoms with Crippen molar-refractivity contribution in [3.05, 3.63) is 66.6 Å². The normalized spacial score (nSPS) is 14.4. The summed E-state index contributed by atoms with van der Waals surface area (Å²) in [7, 11) is 2.15. The summed E-state index contributed by atoms with van der Waals surface area (Å²) < 4.78 is 13.4. The molecule has 4 aromatic rings. The number of nitrogens with one attached hydrogen (secondary N) is 1. The van der Waals surface area contributed by atoms with Crippen LogP contribution in [0, 0.1) is 5.82 Å². The topological polar surface area (TPSA) is 83.2 Å². The van der Waals surface area contributed by atoms with Crippen molar-refractivity contribution in [3.8, 4) is 21.8 Å². The number of anilines is 4. The van der Waals surface area contributed by atoms with Gasteiger partial charge in [-0.1, -0.05) is 11.3 Å². The van der Waals surface area contributed by atoms with Crippen LogP contribution < -0.4 is 16.0 Å². The smallest absolute Gasteiger partial charge is 0.227 e. The molecule has 0 unspecified atom stereocenters. The van der Waals surface area contributed by atoms with Crippen LogP contribution in [0.3, 0.4) is 0 Å². The lowest BCUT2D eigenvalue weighted by molar-refractivity contribution is 0.313. The highest BCUT2D eigenvalue weighted by molar-refractivity contribution is 7.19. The number of rotatable bonds is 5. The van der Waals surface area contributed by atoms with Gasteiger partial charge in [-0.3, -0.25) is 0 Å². The van der Waals surface area contributed by atoms with Gasteiger partial charge in [0.25, 0.3) is 0 Å². The molecule has 33 heavy (non-hydrogen) atoms. The van der Waals surface area contributed by atoms with E-state index in [2.05, 4.69) is 49.2 Å². The molecule has 1 fully saturated rings. The van der Waals surface area contributed by atoms with Crippen molar-refractivity contribution < 1.29 is 4.39 Å². The molecule has 3 N–H and O–H groups in total. The van der Waals surface area contributed by atoms with Crippen molar-refractivity contribution in [1.82, 2.24) is 19.9 Å². The highest BCUT2D eigenvalue weighted by atomic mass is 32.1. The predicted octanol–water partition coefficient (Wildman–Crippen LogP) is 4.48. The fraction of sp³-hybridized carbons (Fsp3) is 0.208. The van der Waals surface area contributed by atoms with E-state index in [4.69, 9.17) is 5.73 Å². The molecule has 5 rings (SSSR count). The third-order valence-electron chi connectivity index (χ3n) is 5.64. The molecule has 0 spiro atoms. The number of likely N-dealkylation sites (N-methyl/N-ethyl adjacent to an activating group) is 1. The molecule has 9 heteroatoms. The van der Waals surface area contributed by atoms with Crippen LogP contribution in [-0.2, 0) is 0 Å². The summed E-state index contributed by atoms with van der Waals surface area (Å²) in [6, 6.07) is 16.3. The second-order valence-electron chi connectivity index (χ2n) is 7.96. The largest absolute Gasteiger partial charge is 0.375 e. The Morgan fingerprint density at radius 2 is 1.67 bits per heavy atom. The molecule has 0 saturated carbocycles. The Morgan fingerprint density at radius 1 is 0.939 bits per heavy atom. The van der Waals surface area contributed by atoms with Crippen LogP contribution >= 0.6 is 11.3 Å². The molecule has 0 atom stereocenters. The molecule has 0 bridgehead atoms. The van der Waals surface area contributed by atoms with Crippen LogP contribution in [0.5, 0.6) is 0 Å². The minimum Gasteiger partial charge on any atom is -0.375 e. The van der Waals surface area contributed by atoms with Gasteiger partial charge in [-0.2, -0.15) is 0 Å². The van der Waals surface area contributed by atoms with Gasteiger partial charge in [0.05, 0.1) is 16.3 Å². The minimum atomic E-state index is -0.296. The van der Waals surface area contributed by atoms with Crippen molar-refractivity contribution in [2.24, 2.45) is 0 Å². The summed E-state index contributed by atoms with van der Waals surface area (Å²) >= 11 is 1.35. The van der Waals surface area contributed by atoms with Gasteiger partial charge in [0.15, 0.2) is 5.13 Å². The van der Waals surface area contributed by atoms with Crippen molar-refractivity contribution in [1.29, 1.82) is 0 Å². The van der Waals surface area contributed by atoms with Crippen molar-refractivity contribution in [3.63, 3.8) is 0 Å². The SMILES string of the molecule is CN1CCN(c2ccc(Nc3nccc(-c4sc(N)nc4-c4ccc(F)cc4)n3)cc2)CC1. The number of thiazole rings is 1. The minimum absolute atomic E-state index is 0.296.